The zero-order valence-corrected chi connectivity index (χ0v) is 12.6. The van der Waals surface area contributed by atoms with Crippen LogP contribution in [0, 0.1) is 5.41 Å². The molecule has 20 heavy (non-hydrogen) atoms. The summed E-state index contributed by atoms with van der Waals surface area (Å²) in [6.07, 6.45) is 1.14. The van der Waals surface area contributed by atoms with Gasteiger partial charge in [-0.2, -0.15) is 0 Å². The average molecular weight is 285 g/mol. The number of anilines is 1. The molecule has 2 nitrogen and oxygen atoms in total. The van der Waals surface area contributed by atoms with Gasteiger partial charge in [0.25, 0.3) is 0 Å². The fraction of sp³-hybridized carbons (Fsp3) is 0.294. The second-order valence-corrected chi connectivity index (χ2v) is 7.95. The van der Waals surface area contributed by atoms with Crippen molar-refractivity contribution in [2.45, 2.75) is 6.92 Å². The van der Waals surface area contributed by atoms with Crippen LogP contribution in [0.1, 0.15) is 6.92 Å². The molecule has 2 aromatic carbocycles. The Morgan fingerprint density at radius 2 is 1.70 bits per heavy atom. The van der Waals surface area contributed by atoms with Crippen LogP contribution in [0.5, 0.6) is 0 Å². The highest BCUT2D eigenvalue weighted by molar-refractivity contribution is 7.73. The Labute approximate surface area is 121 Å². The molecule has 1 aliphatic heterocycles. The van der Waals surface area contributed by atoms with Crippen molar-refractivity contribution in [1.82, 2.24) is 0 Å². The molecule has 0 aromatic heterocycles. The molecule has 104 valence electrons. The van der Waals surface area contributed by atoms with Gasteiger partial charge in [-0.25, -0.2) is 0 Å². The number of hydrogen-bond donors (Lipinski definition) is 1. The maximum Gasteiger partial charge on any atom is 0.0545 e. The molecule has 0 bridgehead atoms. The van der Waals surface area contributed by atoms with Crippen LogP contribution in [-0.2, 0) is 4.74 Å². The third-order valence-corrected chi connectivity index (χ3v) is 6.73. The Bertz CT molecular complexity index is 581. The van der Waals surface area contributed by atoms with Crippen molar-refractivity contribution in [2.75, 3.05) is 25.1 Å². The Kier molecular flexibility index (Phi) is 3.78. The quantitative estimate of drug-likeness (QED) is 0.692. The summed E-state index contributed by atoms with van der Waals surface area (Å²) in [7, 11) is -0.419. The first kappa shape index (κ1) is 13.6. The minimum absolute atomic E-state index is 0.295. The summed E-state index contributed by atoms with van der Waals surface area (Å²) in [5.41, 5.74) is 7.43. The monoisotopic (exact) mass is 285 g/mol. The minimum Gasteiger partial charge on any atom is -0.398 e. The molecule has 1 aliphatic rings. The van der Waals surface area contributed by atoms with Crippen LogP contribution in [0.25, 0.3) is 0 Å². The Balaban J connectivity index is 1.97. The van der Waals surface area contributed by atoms with Crippen LogP contribution >= 0.6 is 7.92 Å². The van der Waals surface area contributed by atoms with Crippen molar-refractivity contribution in [1.29, 1.82) is 0 Å². The fourth-order valence-corrected chi connectivity index (χ4v) is 5.34. The van der Waals surface area contributed by atoms with Gasteiger partial charge in [0.1, 0.15) is 0 Å². The van der Waals surface area contributed by atoms with E-state index >= 15 is 0 Å². The molecule has 0 spiro atoms. The SMILES string of the molecule is CC1(CP(c2ccccc2)c2ccccc2N)COC1. The van der Waals surface area contributed by atoms with Crippen molar-refractivity contribution in [2.24, 2.45) is 5.41 Å². The summed E-state index contributed by atoms with van der Waals surface area (Å²) in [6, 6.07) is 19.0. The van der Waals surface area contributed by atoms with E-state index in [0.717, 1.165) is 25.1 Å². The van der Waals surface area contributed by atoms with Gasteiger partial charge in [-0.15, -0.1) is 0 Å². The van der Waals surface area contributed by atoms with Gasteiger partial charge in [0.15, 0.2) is 0 Å². The van der Waals surface area contributed by atoms with Crippen molar-refractivity contribution in [3.63, 3.8) is 0 Å². The van der Waals surface area contributed by atoms with E-state index in [2.05, 4.69) is 49.4 Å². The number of nitrogen functional groups attached to an aromatic ring is 1. The molecule has 3 rings (SSSR count). The fourth-order valence-electron chi connectivity index (χ4n) is 2.58. The van der Waals surface area contributed by atoms with E-state index in [1.807, 2.05) is 12.1 Å². The highest BCUT2D eigenvalue weighted by Gasteiger charge is 2.36. The average Bonchev–Trinajstić information content (AvgIpc) is 2.45. The Morgan fingerprint density at radius 3 is 2.30 bits per heavy atom. The van der Waals surface area contributed by atoms with Gasteiger partial charge in [0.05, 0.1) is 13.2 Å². The third kappa shape index (κ3) is 2.72. The molecule has 1 fully saturated rings. The normalized spacial score (nSPS) is 18.2. The highest BCUT2D eigenvalue weighted by atomic mass is 31.1. The van der Waals surface area contributed by atoms with Gasteiger partial charge >= 0.3 is 0 Å². The molecular formula is C17H20NOP. The van der Waals surface area contributed by atoms with E-state index in [-0.39, 0.29) is 0 Å². The highest BCUT2D eigenvalue weighted by Crippen LogP contribution is 2.44. The lowest BCUT2D eigenvalue weighted by Crippen LogP contribution is -2.43. The molecule has 2 N–H and O–H groups in total. The summed E-state index contributed by atoms with van der Waals surface area (Å²) < 4.78 is 5.42. The summed E-state index contributed by atoms with van der Waals surface area (Å²) in [5.74, 6) is 0. The smallest absolute Gasteiger partial charge is 0.0545 e. The minimum atomic E-state index is -0.419. The molecule has 0 aliphatic carbocycles. The largest absolute Gasteiger partial charge is 0.398 e. The van der Waals surface area contributed by atoms with Crippen molar-refractivity contribution < 1.29 is 4.74 Å². The van der Waals surface area contributed by atoms with Crippen molar-refractivity contribution in [3.8, 4) is 0 Å². The molecule has 1 heterocycles. The van der Waals surface area contributed by atoms with E-state index in [1.165, 1.54) is 10.6 Å². The number of hydrogen-bond acceptors (Lipinski definition) is 2. The molecule has 0 radical (unpaired) electrons. The van der Waals surface area contributed by atoms with Crippen LogP contribution < -0.4 is 16.3 Å². The number of benzene rings is 2. The number of para-hydroxylation sites is 1. The van der Waals surface area contributed by atoms with Crippen LogP contribution in [0.2, 0.25) is 0 Å². The zero-order chi connectivity index (χ0) is 14.0. The molecule has 1 atom stereocenters. The second kappa shape index (κ2) is 5.55. The van der Waals surface area contributed by atoms with Gasteiger partial charge in [-0.05, 0) is 25.5 Å². The third-order valence-electron chi connectivity index (χ3n) is 3.74. The van der Waals surface area contributed by atoms with Gasteiger partial charge < -0.3 is 10.5 Å². The van der Waals surface area contributed by atoms with Gasteiger partial charge in [0.2, 0.25) is 0 Å². The molecule has 2 aromatic rings. The van der Waals surface area contributed by atoms with E-state index in [4.69, 9.17) is 10.5 Å². The number of ether oxygens (including phenoxy) is 1. The summed E-state index contributed by atoms with van der Waals surface area (Å²) in [4.78, 5) is 0. The predicted molar refractivity (Wildman–Crippen MR) is 87.3 cm³/mol. The van der Waals surface area contributed by atoms with Crippen LogP contribution in [0.15, 0.2) is 54.6 Å². The molecular weight excluding hydrogens is 265 g/mol. The molecule has 0 saturated carbocycles. The Morgan fingerprint density at radius 1 is 1.05 bits per heavy atom. The molecule has 1 unspecified atom stereocenters. The maximum atomic E-state index is 6.22. The van der Waals surface area contributed by atoms with E-state index in [0.29, 0.717) is 5.41 Å². The standard InChI is InChI=1S/C17H20NOP/c1-17(11-19-12-17)13-20(14-7-3-2-4-8-14)16-10-6-5-9-15(16)18/h2-10H,11-13,18H2,1H3. The summed E-state index contributed by atoms with van der Waals surface area (Å²) in [5, 5.41) is 2.69. The summed E-state index contributed by atoms with van der Waals surface area (Å²) in [6.45, 7) is 4.05. The van der Waals surface area contributed by atoms with Gasteiger partial charge in [0, 0.05) is 16.4 Å². The molecule has 3 heteroatoms. The number of rotatable bonds is 4. The van der Waals surface area contributed by atoms with Gasteiger partial charge in [-0.3, -0.25) is 0 Å². The predicted octanol–water partition coefficient (Wildman–Crippen LogP) is 2.74. The first-order chi connectivity index (χ1) is 9.68. The zero-order valence-electron chi connectivity index (χ0n) is 11.8. The Hall–Kier alpha value is -1.37. The number of nitrogens with two attached hydrogens (primary N) is 1. The summed E-state index contributed by atoms with van der Waals surface area (Å²) >= 11 is 0. The van der Waals surface area contributed by atoms with Crippen LogP contribution in [0.3, 0.4) is 0 Å². The first-order valence-electron chi connectivity index (χ1n) is 6.93. The van der Waals surface area contributed by atoms with E-state index in [9.17, 15) is 0 Å². The van der Waals surface area contributed by atoms with Crippen LogP contribution in [-0.4, -0.2) is 19.4 Å². The lowest BCUT2D eigenvalue weighted by Gasteiger charge is -2.41. The molecule has 0 amide bonds. The molecule has 1 saturated heterocycles. The topological polar surface area (TPSA) is 35.2 Å². The van der Waals surface area contributed by atoms with E-state index in [1.54, 1.807) is 0 Å². The van der Waals surface area contributed by atoms with Crippen molar-refractivity contribution >= 4 is 24.2 Å². The van der Waals surface area contributed by atoms with Crippen molar-refractivity contribution in [3.05, 3.63) is 54.6 Å². The van der Waals surface area contributed by atoms with E-state index < -0.39 is 7.92 Å². The lowest BCUT2D eigenvalue weighted by molar-refractivity contribution is -0.0865. The van der Waals surface area contributed by atoms with Gasteiger partial charge in [-0.1, -0.05) is 55.5 Å². The second-order valence-electron chi connectivity index (χ2n) is 5.78. The lowest BCUT2D eigenvalue weighted by atomic mass is 9.92. The first-order valence-corrected chi connectivity index (χ1v) is 8.46. The maximum absolute atomic E-state index is 6.22. The van der Waals surface area contributed by atoms with Crippen LogP contribution in [0.4, 0.5) is 5.69 Å².